The van der Waals surface area contributed by atoms with E-state index >= 15 is 0 Å². The van der Waals surface area contributed by atoms with Gasteiger partial charge in [-0.3, -0.25) is 4.90 Å². The number of aromatic hydroxyl groups is 1. The molecule has 1 aromatic heterocycles. The Morgan fingerprint density at radius 3 is 2.66 bits per heavy atom. The Morgan fingerprint density at radius 2 is 1.88 bits per heavy atom. The molecule has 0 spiro atoms. The van der Waals surface area contributed by atoms with Gasteiger partial charge in [0.1, 0.15) is 11.4 Å². The largest absolute Gasteiger partial charge is 0.507 e. The molecule has 6 nitrogen and oxygen atoms in total. The summed E-state index contributed by atoms with van der Waals surface area (Å²) in [5.41, 5.74) is 1.91. The fraction of sp³-hybridized carbons (Fsp3) is 0.385. The molecule has 2 aromatic carbocycles. The first-order valence-corrected chi connectivity index (χ1v) is 11.4. The number of phenols is 1. The van der Waals surface area contributed by atoms with Gasteiger partial charge in [-0.1, -0.05) is 30.2 Å². The summed E-state index contributed by atoms with van der Waals surface area (Å²) in [5.74, 6) is 3.45. The highest BCUT2D eigenvalue weighted by atomic mass is 16.5. The van der Waals surface area contributed by atoms with Crippen LogP contribution in [-0.4, -0.2) is 58.6 Å². The maximum atomic E-state index is 10.5. The quantitative estimate of drug-likeness (QED) is 0.611. The molecule has 6 heteroatoms. The summed E-state index contributed by atoms with van der Waals surface area (Å²) in [5, 5.41) is 25.2. The van der Waals surface area contributed by atoms with Crippen LogP contribution in [0.2, 0.25) is 0 Å². The molecular formula is C26H28N4O2. The van der Waals surface area contributed by atoms with Crippen LogP contribution >= 0.6 is 0 Å². The van der Waals surface area contributed by atoms with E-state index in [2.05, 4.69) is 32.4 Å². The van der Waals surface area contributed by atoms with E-state index in [1.807, 2.05) is 24.3 Å². The topological polar surface area (TPSA) is 70.5 Å². The van der Waals surface area contributed by atoms with E-state index < -0.39 is 0 Å². The number of anilines is 1. The number of fused-ring (bicyclic) bond motifs is 1. The van der Waals surface area contributed by atoms with Crippen molar-refractivity contribution in [2.45, 2.75) is 37.8 Å². The zero-order valence-electron chi connectivity index (χ0n) is 18.1. The molecule has 2 fully saturated rings. The van der Waals surface area contributed by atoms with Crippen molar-refractivity contribution in [2.24, 2.45) is 0 Å². The molecule has 0 aliphatic carbocycles. The summed E-state index contributed by atoms with van der Waals surface area (Å²) in [6, 6.07) is 14.2. The van der Waals surface area contributed by atoms with Crippen molar-refractivity contribution in [3.63, 3.8) is 0 Å². The second kappa shape index (κ2) is 9.15. The molecule has 2 aliphatic rings. The van der Waals surface area contributed by atoms with Gasteiger partial charge in [-0.2, -0.15) is 0 Å². The number of phenolic OH excluding ortho intramolecular Hbond substituents is 1. The third-order valence-electron chi connectivity index (χ3n) is 6.61. The van der Waals surface area contributed by atoms with E-state index in [1.165, 1.54) is 6.42 Å². The van der Waals surface area contributed by atoms with Crippen LogP contribution in [-0.2, 0) is 4.74 Å². The Labute approximate surface area is 188 Å². The number of likely N-dealkylation sites (tertiary alicyclic amines) is 1. The number of terminal acetylenes is 1. The molecule has 2 N–H and O–H groups in total. The molecule has 0 amide bonds. The maximum absolute atomic E-state index is 10.5. The van der Waals surface area contributed by atoms with Crippen molar-refractivity contribution < 1.29 is 9.84 Å². The lowest BCUT2D eigenvalue weighted by atomic mass is 9.99. The lowest BCUT2D eigenvalue weighted by molar-refractivity contribution is 0.0255. The van der Waals surface area contributed by atoms with Gasteiger partial charge in [0.2, 0.25) is 0 Å². The van der Waals surface area contributed by atoms with Gasteiger partial charge < -0.3 is 15.2 Å². The number of benzene rings is 2. The molecule has 2 saturated heterocycles. The summed E-state index contributed by atoms with van der Waals surface area (Å²) < 4.78 is 5.54. The summed E-state index contributed by atoms with van der Waals surface area (Å²) in [4.78, 5) is 2.61. The SMILES string of the molecule is C#Cc1ccc(-c2nnc(N[C@@H]3CCCN(C4CCOCC4)C3)c3ccccc23)c(O)c1. The Morgan fingerprint density at radius 1 is 1.06 bits per heavy atom. The number of nitrogens with one attached hydrogen (secondary N) is 1. The third kappa shape index (κ3) is 4.14. The monoisotopic (exact) mass is 428 g/mol. The van der Waals surface area contributed by atoms with E-state index in [4.69, 9.17) is 11.2 Å². The normalized spacial score (nSPS) is 20.2. The van der Waals surface area contributed by atoms with Gasteiger partial charge in [-0.05, 0) is 50.4 Å². The number of aromatic nitrogens is 2. The van der Waals surface area contributed by atoms with Crippen LogP contribution in [0.1, 0.15) is 31.2 Å². The van der Waals surface area contributed by atoms with Crippen LogP contribution in [0.3, 0.4) is 0 Å². The molecule has 0 radical (unpaired) electrons. The van der Waals surface area contributed by atoms with Crippen molar-refractivity contribution in [1.29, 1.82) is 0 Å². The molecule has 0 saturated carbocycles. The summed E-state index contributed by atoms with van der Waals surface area (Å²) >= 11 is 0. The van der Waals surface area contributed by atoms with Crippen molar-refractivity contribution in [2.75, 3.05) is 31.6 Å². The molecule has 0 unspecified atom stereocenters. The van der Waals surface area contributed by atoms with Crippen molar-refractivity contribution in [3.05, 3.63) is 48.0 Å². The minimum Gasteiger partial charge on any atom is -0.507 e. The van der Waals surface area contributed by atoms with Crippen LogP contribution in [0.5, 0.6) is 5.75 Å². The molecule has 2 aliphatic heterocycles. The first kappa shape index (κ1) is 20.7. The zero-order valence-corrected chi connectivity index (χ0v) is 18.1. The first-order valence-electron chi connectivity index (χ1n) is 11.4. The summed E-state index contributed by atoms with van der Waals surface area (Å²) in [6.07, 6.45) is 9.98. The van der Waals surface area contributed by atoms with Gasteiger partial charge in [-0.25, -0.2) is 0 Å². The molecule has 32 heavy (non-hydrogen) atoms. The molecular weight excluding hydrogens is 400 g/mol. The Hall–Kier alpha value is -3.14. The standard InChI is InChI=1S/C26H28N4O2/c1-2-18-9-10-23(24(31)16-18)25-21-7-3-4-8-22(21)26(29-28-25)27-19-6-5-13-30(17-19)20-11-14-32-15-12-20/h1,3-4,7-10,16,19-20,31H,5-6,11-15,17H2,(H,27,29)/t19-/m1/s1. The molecule has 164 valence electrons. The number of nitrogens with zero attached hydrogens (tertiary/aromatic N) is 3. The number of hydrogen-bond acceptors (Lipinski definition) is 6. The molecule has 3 heterocycles. The highest BCUT2D eigenvalue weighted by Crippen LogP contribution is 2.35. The second-order valence-corrected chi connectivity index (χ2v) is 8.64. The number of piperidine rings is 1. The molecule has 0 bridgehead atoms. The van der Waals surface area contributed by atoms with Crippen LogP contribution in [0, 0.1) is 12.3 Å². The van der Waals surface area contributed by atoms with Crippen molar-refractivity contribution in [1.82, 2.24) is 15.1 Å². The molecule has 1 atom stereocenters. The Balaban J connectivity index is 1.42. The molecule has 3 aromatic rings. The summed E-state index contributed by atoms with van der Waals surface area (Å²) in [7, 11) is 0. The minimum absolute atomic E-state index is 0.111. The average Bonchev–Trinajstić information content (AvgIpc) is 2.85. The van der Waals surface area contributed by atoms with Crippen LogP contribution in [0.4, 0.5) is 5.82 Å². The van der Waals surface area contributed by atoms with Gasteiger partial charge in [0.05, 0.1) is 0 Å². The Kier molecular flexibility index (Phi) is 5.93. The van der Waals surface area contributed by atoms with E-state index in [0.29, 0.717) is 28.9 Å². The predicted octanol–water partition coefficient (Wildman–Crippen LogP) is 4.04. The van der Waals surface area contributed by atoms with E-state index in [9.17, 15) is 5.11 Å². The molecule has 5 rings (SSSR count). The number of hydrogen-bond donors (Lipinski definition) is 2. The van der Waals surface area contributed by atoms with Crippen LogP contribution in [0.25, 0.3) is 22.0 Å². The number of rotatable bonds is 4. The van der Waals surface area contributed by atoms with Gasteiger partial charge in [0.25, 0.3) is 0 Å². The van der Waals surface area contributed by atoms with E-state index in [0.717, 1.165) is 62.2 Å². The minimum atomic E-state index is 0.111. The highest BCUT2D eigenvalue weighted by molar-refractivity contribution is 6.00. The maximum Gasteiger partial charge on any atom is 0.156 e. The fourth-order valence-corrected chi connectivity index (χ4v) is 4.93. The van der Waals surface area contributed by atoms with Crippen molar-refractivity contribution in [3.8, 4) is 29.4 Å². The van der Waals surface area contributed by atoms with Crippen LogP contribution < -0.4 is 5.32 Å². The fourth-order valence-electron chi connectivity index (χ4n) is 4.93. The third-order valence-corrected chi connectivity index (χ3v) is 6.61. The van der Waals surface area contributed by atoms with E-state index in [-0.39, 0.29) is 5.75 Å². The average molecular weight is 429 g/mol. The smallest absolute Gasteiger partial charge is 0.156 e. The first-order chi connectivity index (χ1) is 15.7. The highest BCUT2D eigenvalue weighted by Gasteiger charge is 2.28. The lowest BCUT2D eigenvalue weighted by Gasteiger charge is -2.40. The van der Waals surface area contributed by atoms with Crippen molar-refractivity contribution >= 4 is 16.6 Å². The zero-order chi connectivity index (χ0) is 21.9. The Bertz CT molecular complexity index is 1150. The lowest BCUT2D eigenvalue weighted by Crippen LogP contribution is -2.48. The van der Waals surface area contributed by atoms with Gasteiger partial charge in [0, 0.05) is 53.7 Å². The second-order valence-electron chi connectivity index (χ2n) is 8.64. The van der Waals surface area contributed by atoms with Gasteiger partial charge in [-0.15, -0.1) is 16.6 Å². The van der Waals surface area contributed by atoms with E-state index in [1.54, 1.807) is 12.1 Å². The van der Waals surface area contributed by atoms with Crippen LogP contribution in [0.15, 0.2) is 42.5 Å². The van der Waals surface area contributed by atoms with Gasteiger partial charge in [0.15, 0.2) is 5.82 Å². The predicted molar refractivity (Wildman–Crippen MR) is 127 cm³/mol. The van der Waals surface area contributed by atoms with Gasteiger partial charge >= 0.3 is 0 Å². The number of ether oxygens (including phenoxy) is 1. The summed E-state index contributed by atoms with van der Waals surface area (Å²) in [6.45, 7) is 3.90.